The normalized spacial score (nSPS) is 10.5. The van der Waals surface area contributed by atoms with Crippen molar-refractivity contribution >= 4 is 17.1 Å². The van der Waals surface area contributed by atoms with Gasteiger partial charge in [0.1, 0.15) is 5.52 Å². The molecule has 0 radical (unpaired) electrons. The summed E-state index contributed by atoms with van der Waals surface area (Å²) in [5.74, 6) is 0.366. The van der Waals surface area contributed by atoms with Gasteiger partial charge >= 0.3 is 5.97 Å². The highest BCUT2D eigenvalue weighted by Gasteiger charge is 2.06. The maximum absolute atomic E-state index is 11.1. The number of benzene rings is 1. The van der Waals surface area contributed by atoms with Crippen molar-refractivity contribution in [1.82, 2.24) is 4.98 Å². The number of esters is 1. The molecule has 0 aliphatic carbocycles. The topological polar surface area (TPSA) is 52.3 Å². The van der Waals surface area contributed by atoms with Crippen molar-refractivity contribution in [2.24, 2.45) is 0 Å². The summed E-state index contributed by atoms with van der Waals surface area (Å²) in [6, 6.07) is 5.50. The third-order valence-electron chi connectivity index (χ3n) is 2.14. The molecule has 4 nitrogen and oxygen atoms in total. The molecular formula is C11H11NO3. The van der Waals surface area contributed by atoms with Gasteiger partial charge in [0, 0.05) is 6.92 Å². The first kappa shape index (κ1) is 9.71. The molecule has 2 aromatic rings. The van der Waals surface area contributed by atoms with E-state index in [9.17, 15) is 4.79 Å². The molecule has 1 aromatic heterocycles. The van der Waals surface area contributed by atoms with Crippen LogP contribution in [-0.2, 0) is 16.0 Å². The molecule has 0 atom stereocenters. The largest absolute Gasteiger partial charge is 0.469 e. The van der Waals surface area contributed by atoms with Crippen LogP contribution in [0.25, 0.3) is 11.1 Å². The molecule has 0 N–H and O–H groups in total. The fourth-order valence-corrected chi connectivity index (χ4v) is 1.43. The molecule has 0 saturated heterocycles. The van der Waals surface area contributed by atoms with Crippen molar-refractivity contribution in [1.29, 1.82) is 0 Å². The zero-order chi connectivity index (χ0) is 10.8. The minimum atomic E-state index is -0.259. The van der Waals surface area contributed by atoms with Crippen molar-refractivity contribution < 1.29 is 13.9 Å². The van der Waals surface area contributed by atoms with Crippen LogP contribution in [0.5, 0.6) is 0 Å². The lowest BCUT2D eigenvalue weighted by Crippen LogP contribution is -2.03. The summed E-state index contributed by atoms with van der Waals surface area (Å²) in [5.41, 5.74) is 2.38. The van der Waals surface area contributed by atoms with Crippen molar-refractivity contribution in [3.8, 4) is 0 Å². The van der Waals surface area contributed by atoms with E-state index in [1.165, 1.54) is 7.11 Å². The molecule has 78 valence electrons. The summed E-state index contributed by atoms with van der Waals surface area (Å²) >= 11 is 0. The first-order chi connectivity index (χ1) is 7.19. The van der Waals surface area contributed by atoms with Gasteiger partial charge in [0.25, 0.3) is 0 Å². The van der Waals surface area contributed by atoms with E-state index in [4.69, 9.17) is 4.42 Å². The molecule has 2 rings (SSSR count). The van der Waals surface area contributed by atoms with Crippen LogP contribution < -0.4 is 0 Å². The molecule has 0 saturated carbocycles. The number of ether oxygens (including phenoxy) is 1. The second-order valence-corrected chi connectivity index (χ2v) is 3.29. The fraction of sp³-hybridized carbons (Fsp3) is 0.273. The number of methoxy groups -OCH3 is 1. The molecule has 0 aliphatic rings. The van der Waals surface area contributed by atoms with Crippen LogP contribution in [0.1, 0.15) is 11.5 Å². The van der Waals surface area contributed by atoms with Gasteiger partial charge in [-0.05, 0) is 17.7 Å². The number of carbonyl (C=O) groups is 1. The Bertz CT molecular complexity index is 502. The maximum Gasteiger partial charge on any atom is 0.309 e. The highest BCUT2D eigenvalue weighted by atomic mass is 16.5. The maximum atomic E-state index is 11.1. The molecule has 0 bridgehead atoms. The van der Waals surface area contributed by atoms with Gasteiger partial charge in [-0.1, -0.05) is 6.07 Å². The molecule has 0 aliphatic heterocycles. The van der Waals surface area contributed by atoms with Crippen LogP contribution in [0.2, 0.25) is 0 Å². The van der Waals surface area contributed by atoms with Crippen molar-refractivity contribution in [2.75, 3.05) is 7.11 Å². The number of oxazole rings is 1. The number of aromatic nitrogens is 1. The Morgan fingerprint density at radius 2 is 2.33 bits per heavy atom. The summed E-state index contributed by atoms with van der Waals surface area (Å²) in [6.45, 7) is 1.79. The molecular weight excluding hydrogens is 194 g/mol. The van der Waals surface area contributed by atoms with E-state index in [0.29, 0.717) is 11.5 Å². The van der Waals surface area contributed by atoms with E-state index in [-0.39, 0.29) is 12.4 Å². The van der Waals surface area contributed by atoms with Crippen LogP contribution in [0.4, 0.5) is 0 Å². The Morgan fingerprint density at radius 3 is 3.07 bits per heavy atom. The van der Waals surface area contributed by atoms with Crippen LogP contribution in [0, 0.1) is 6.92 Å². The minimum Gasteiger partial charge on any atom is -0.469 e. The van der Waals surface area contributed by atoms with Crippen molar-refractivity contribution in [3.63, 3.8) is 0 Å². The monoisotopic (exact) mass is 205 g/mol. The van der Waals surface area contributed by atoms with E-state index < -0.39 is 0 Å². The Hall–Kier alpha value is -1.84. The number of aryl methyl sites for hydroxylation is 1. The molecule has 0 fully saturated rings. The highest BCUT2D eigenvalue weighted by molar-refractivity contribution is 5.77. The molecule has 0 amide bonds. The van der Waals surface area contributed by atoms with Gasteiger partial charge < -0.3 is 9.15 Å². The lowest BCUT2D eigenvalue weighted by molar-refractivity contribution is -0.139. The van der Waals surface area contributed by atoms with Gasteiger partial charge in [0.15, 0.2) is 11.5 Å². The summed E-state index contributed by atoms with van der Waals surface area (Å²) < 4.78 is 9.95. The second-order valence-electron chi connectivity index (χ2n) is 3.29. The smallest absolute Gasteiger partial charge is 0.309 e. The number of nitrogens with zero attached hydrogens (tertiary/aromatic N) is 1. The zero-order valence-corrected chi connectivity index (χ0v) is 8.61. The first-order valence-corrected chi connectivity index (χ1v) is 4.62. The molecule has 1 heterocycles. The predicted molar refractivity (Wildman–Crippen MR) is 54.5 cm³/mol. The van der Waals surface area contributed by atoms with Gasteiger partial charge in [-0.15, -0.1) is 0 Å². The first-order valence-electron chi connectivity index (χ1n) is 4.62. The van der Waals surface area contributed by atoms with Crippen LogP contribution in [0.15, 0.2) is 22.6 Å². The number of hydrogen-bond acceptors (Lipinski definition) is 4. The Morgan fingerprint density at radius 1 is 1.53 bits per heavy atom. The van der Waals surface area contributed by atoms with E-state index in [1.807, 2.05) is 18.2 Å². The van der Waals surface area contributed by atoms with Crippen molar-refractivity contribution in [2.45, 2.75) is 13.3 Å². The molecule has 15 heavy (non-hydrogen) atoms. The summed E-state index contributed by atoms with van der Waals surface area (Å²) in [5, 5.41) is 0. The Labute approximate surface area is 86.9 Å². The molecule has 0 spiro atoms. The standard InChI is InChI=1S/C11H11NO3/c1-7-12-9-4-3-8(5-10(9)15-7)6-11(13)14-2/h3-5H,6H2,1-2H3. The van der Waals surface area contributed by atoms with Gasteiger partial charge in [-0.2, -0.15) is 0 Å². The Kier molecular flexibility index (Phi) is 2.41. The molecule has 1 aromatic carbocycles. The predicted octanol–water partition coefficient (Wildman–Crippen LogP) is 1.85. The van der Waals surface area contributed by atoms with Gasteiger partial charge in [-0.25, -0.2) is 4.98 Å². The quantitative estimate of drug-likeness (QED) is 0.702. The van der Waals surface area contributed by atoms with Crippen LogP contribution in [-0.4, -0.2) is 18.1 Å². The average Bonchev–Trinajstić information content (AvgIpc) is 2.57. The number of hydrogen-bond donors (Lipinski definition) is 0. The van der Waals surface area contributed by atoms with Crippen LogP contribution >= 0.6 is 0 Å². The SMILES string of the molecule is COC(=O)Cc1ccc2nc(C)oc2c1. The summed E-state index contributed by atoms with van der Waals surface area (Å²) in [4.78, 5) is 15.2. The van der Waals surface area contributed by atoms with Crippen LogP contribution in [0.3, 0.4) is 0 Å². The zero-order valence-electron chi connectivity index (χ0n) is 8.61. The van der Waals surface area contributed by atoms with E-state index in [0.717, 1.165) is 11.1 Å². The fourth-order valence-electron chi connectivity index (χ4n) is 1.43. The average molecular weight is 205 g/mol. The molecule has 0 unspecified atom stereocenters. The minimum absolute atomic E-state index is 0.256. The third kappa shape index (κ3) is 1.98. The third-order valence-corrected chi connectivity index (χ3v) is 2.14. The second kappa shape index (κ2) is 3.73. The van der Waals surface area contributed by atoms with Gasteiger partial charge in [0.05, 0.1) is 13.5 Å². The van der Waals surface area contributed by atoms with E-state index in [2.05, 4.69) is 9.72 Å². The van der Waals surface area contributed by atoms with E-state index >= 15 is 0 Å². The summed E-state index contributed by atoms with van der Waals surface area (Å²) in [6.07, 6.45) is 0.256. The Balaban J connectivity index is 2.33. The van der Waals surface area contributed by atoms with E-state index in [1.54, 1.807) is 6.92 Å². The summed E-state index contributed by atoms with van der Waals surface area (Å²) in [7, 11) is 1.37. The lowest BCUT2D eigenvalue weighted by atomic mass is 10.1. The van der Waals surface area contributed by atoms with Crippen molar-refractivity contribution in [3.05, 3.63) is 29.7 Å². The number of rotatable bonds is 2. The van der Waals surface area contributed by atoms with Gasteiger partial charge in [-0.3, -0.25) is 4.79 Å². The lowest BCUT2D eigenvalue weighted by Gasteiger charge is -1.98. The number of fused-ring (bicyclic) bond motifs is 1. The number of carbonyl (C=O) groups excluding carboxylic acids is 1. The highest BCUT2D eigenvalue weighted by Crippen LogP contribution is 2.17. The van der Waals surface area contributed by atoms with Gasteiger partial charge in [0.2, 0.25) is 0 Å². The molecule has 4 heteroatoms.